The van der Waals surface area contributed by atoms with Crippen LogP contribution in [0, 0.1) is 0 Å². The van der Waals surface area contributed by atoms with E-state index in [1.54, 1.807) is 36.4 Å². The Bertz CT molecular complexity index is 1470. The second-order valence-corrected chi connectivity index (χ2v) is 8.93. The van der Waals surface area contributed by atoms with E-state index in [1.807, 2.05) is 36.4 Å². The summed E-state index contributed by atoms with van der Waals surface area (Å²) in [7, 11) is 0. The van der Waals surface area contributed by atoms with Gasteiger partial charge in [0.05, 0.1) is 28.2 Å². The molecular formula is C25H17ClN4O3S. The van der Waals surface area contributed by atoms with E-state index >= 15 is 0 Å². The third-order valence-electron chi connectivity index (χ3n) is 5.27. The summed E-state index contributed by atoms with van der Waals surface area (Å²) in [6, 6.07) is 21.1. The van der Waals surface area contributed by atoms with Gasteiger partial charge < -0.3 is 5.32 Å². The summed E-state index contributed by atoms with van der Waals surface area (Å²) >= 11 is 7.75. The molecule has 0 unspecified atom stereocenters. The first-order valence-electron chi connectivity index (χ1n) is 10.3. The molecule has 0 atom stereocenters. The van der Waals surface area contributed by atoms with Crippen molar-refractivity contribution in [3.63, 3.8) is 0 Å². The molecule has 3 aromatic carbocycles. The Morgan fingerprint density at radius 3 is 2.56 bits per heavy atom. The molecule has 0 radical (unpaired) electrons. The van der Waals surface area contributed by atoms with E-state index in [0.717, 1.165) is 4.90 Å². The maximum Gasteiger partial charge on any atom is 0.270 e. The van der Waals surface area contributed by atoms with Crippen LogP contribution < -0.4 is 16.2 Å². The Kier molecular flexibility index (Phi) is 5.91. The van der Waals surface area contributed by atoms with E-state index in [4.69, 9.17) is 11.6 Å². The summed E-state index contributed by atoms with van der Waals surface area (Å²) in [5.41, 5.74) is 8.01. The molecule has 0 saturated heterocycles. The van der Waals surface area contributed by atoms with E-state index in [1.165, 1.54) is 11.8 Å². The van der Waals surface area contributed by atoms with Crippen LogP contribution in [0.1, 0.15) is 20.7 Å². The smallest absolute Gasteiger partial charge is 0.270 e. The number of halogens is 1. The molecule has 168 valence electrons. The zero-order valence-electron chi connectivity index (χ0n) is 17.6. The molecule has 9 heteroatoms. The number of hydrogen-bond acceptors (Lipinski definition) is 5. The van der Waals surface area contributed by atoms with Crippen LogP contribution in [0.5, 0.6) is 0 Å². The van der Waals surface area contributed by atoms with Crippen LogP contribution in [0.25, 0.3) is 22.2 Å². The number of carbonyl (C=O) groups is 3. The van der Waals surface area contributed by atoms with Crippen molar-refractivity contribution < 1.29 is 14.4 Å². The van der Waals surface area contributed by atoms with Crippen molar-refractivity contribution in [1.82, 2.24) is 15.8 Å². The normalized spacial score (nSPS) is 12.6. The van der Waals surface area contributed by atoms with Gasteiger partial charge in [-0.15, -0.1) is 11.8 Å². The lowest BCUT2D eigenvalue weighted by molar-refractivity contribution is -0.113. The van der Waals surface area contributed by atoms with Gasteiger partial charge in [0.15, 0.2) is 0 Å². The molecule has 0 spiro atoms. The molecule has 1 aliphatic heterocycles. The van der Waals surface area contributed by atoms with E-state index in [9.17, 15) is 14.4 Å². The topological polar surface area (TPSA) is 100 Å². The number of hydrazine groups is 1. The van der Waals surface area contributed by atoms with Crippen LogP contribution in [0.15, 0.2) is 77.7 Å². The van der Waals surface area contributed by atoms with Gasteiger partial charge in [-0.1, -0.05) is 48.0 Å². The fourth-order valence-electron chi connectivity index (χ4n) is 3.65. The van der Waals surface area contributed by atoms with Crippen LogP contribution in [-0.2, 0) is 4.79 Å². The number of benzene rings is 3. The van der Waals surface area contributed by atoms with E-state index in [2.05, 4.69) is 21.2 Å². The SMILES string of the molecule is O=C1CSc2ccc(C(=O)NNC(=O)c3cc(-c4ccccc4Cl)nc4ccccc34)cc2N1. The van der Waals surface area contributed by atoms with Gasteiger partial charge in [-0.2, -0.15) is 0 Å². The predicted molar refractivity (Wildman–Crippen MR) is 133 cm³/mol. The maximum atomic E-state index is 13.1. The van der Waals surface area contributed by atoms with E-state index in [-0.39, 0.29) is 5.91 Å². The Hall–Kier alpha value is -3.88. The fourth-order valence-corrected chi connectivity index (χ4v) is 4.67. The molecule has 1 aliphatic rings. The molecule has 0 aliphatic carbocycles. The van der Waals surface area contributed by atoms with Crippen LogP contribution in [0.4, 0.5) is 5.69 Å². The number of anilines is 1. The molecule has 7 nitrogen and oxygen atoms in total. The van der Waals surface area contributed by atoms with E-state index < -0.39 is 11.8 Å². The maximum absolute atomic E-state index is 13.1. The summed E-state index contributed by atoms with van der Waals surface area (Å²) in [6.45, 7) is 0. The van der Waals surface area contributed by atoms with Crippen molar-refractivity contribution in [2.75, 3.05) is 11.1 Å². The zero-order valence-corrected chi connectivity index (χ0v) is 19.2. The first kappa shape index (κ1) is 21.9. The number of aromatic nitrogens is 1. The number of para-hydroxylation sites is 1. The third kappa shape index (κ3) is 4.33. The van der Waals surface area contributed by atoms with Gasteiger partial charge in [-0.3, -0.25) is 25.2 Å². The minimum Gasteiger partial charge on any atom is -0.324 e. The first-order chi connectivity index (χ1) is 16.5. The lowest BCUT2D eigenvalue weighted by Gasteiger charge is -2.17. The van der Waals surface area contributed by atoms with Crippen LogP contribution in [0.2, 0.25) is 5.02 Å². The van der Waals surface area contributed by atoms with Crippen LogP contribution in [-0.4, -0.2) is 28.5 Å². The van der Waals surface area contributed by atoms with Crippen molar-refractivity contribution in [1.29, 1.82) is 0 Å². The number of hydrogen-bond donors (Lipinski definition) is 3. The lowest BCUT2D eigenvalue weighted by atomic mass is 10.0. The predicted octanol–water partition coefficient (Wildman–Crippen LogP) is 4.67. The minimum absolute atomic E-state index is 0.123. The second-order valence-electron chi connectivity index (χ2n) is 7.51. The molecule has 0 bridgehead atoms. The molecule has 2 heterocycles. The molecule has 0 saturated carbocycles. The number of rotatable bonds is 3. The number of amides is 3. The van der Waals surface area contributed by atoms with Crippen molar-refractivity contribution in [2.24, 2.45) is 0 Å². The van der Waals surface area contributed by atoms with Gasteiger partial charge in [0.1, 0.15) is 0 Å². The first-order valence-corrected chi connectivity index (χ1v) is 11.7. The average molecular weight is 489 g/mol. The van der Waals surface area contributed by atoms with Gasteiger partial charge in [0.2, 0.25) is 5.91 Å². The highest BCUT2D eigenvalue weighted by molar-refractivity contribution is 8.00. The highest BCUT2D eigenvalue weighted by Crippen LogP contribution is 2.32. The molecular weight excluding hydrogens is 472 g/mol. The van der Waals surface area contributed by atoms with Crippen molar-refractivity contribution >= 4 is 57.7 Å². The lowest BCUT2D eigenvalue weighted by Crippen LogP contribution is -2.41. The van der Waals surface area contributed by atoms with Gasteiger partial charge in [0.25, 0.3) is 11.8 Å². The molecule has 1 aromatic heterocycles. The third-order valence-corrected chi connectivity index (χ3v) is 6.68. The molecule has 5 rings (SSSR count). The van der Waals surface area contributed by atoms with Crippen LogP contribution >= 0.6 is 23.4 Å². The summed E-state index contributed by atoms with van der Waals surface area (Å²) in [6.07, 6.45) is 0. The Labute approximate surface area is 203 Å². The number of nitrogens with zero attached hydrogens (tertiary/aromatic N) is 1. The van der Waals surface area contributed by atoms with Crippen molar-refractivity contribution in [2.45, 2.75) is 4.90 Å². The monoisotopic (exact) mass is 488 g/mol. The molecule has 0 fully saturated rings. The Morgan fingerprint density at radius 2 is 1.71 bits per heavy atom. The average Bonchev–Trinajstić information content (AvgIpc) is 2.86. The van der Waals surface area contributed by atoms with Crippen molar-refractivity contribution in [3.8, 4) is 11.3 Å². The van der Waals surface area contributed by atoms with Gasteiger partial charge >= 0.3 is 0 Å². The second kappa shape index (κ2) is 9.17. The molecule has 34 heavy (non-hydrogen) atoms. The number of fused-ring (bicyclic) bond motifs is 2. The van der Waals surface area contributed by atoms with E-state index in [0.29, 0.717) is 49.8 Å². The number of nitrogens with one attached hydrogen (secondary N) is 3. The summed E-state index contributed by atoms with van der Waals surface area (Å²) in [4.78, 5) is 42.9. The van der Waals surface area contributed by atoms with Crippen molar-refractivity contribution in [3.05, 3.63) is 88.9 Å². The molecule has 4 aromatic rings. The number of thioether (sulfide) groups is 1. The number of carbonyl (C=O) groups excluding carboxylic acids is 3. The van der Waals surface area contributed by atoms with Gasteiger partial charge in [0, 0.05) is 26.4 Å². The highest BCUT2D eigenvalue weighted by Gasteiger charge is 2.19. The zero-order chi connectivity index (χ0) is 23.7. The van der Waals surface area contributed by atoms with Gasteiger partial charge in [-0.25, -0.2) is 4.98 Å². The summed E-state index contributed by atoms with van der Waals surface area (Å²) in [5.74, 6) is -0.792. The van der Waals surface area contributed by atoms with Gasteiger partial charge in [-0.05, 0) is 36.4 Å². The Balaban J connectivity index is 1.41. The number of pyridine rings is 1. The highest BCUT2D eigenvalue weighted by atomic mass is 35.5. The van der Waals surface area contributed by atoms with Crippen LogP contribution in [0.3, 0.4) is 0 Å². The largest absolute Gasteiger partial charge is 0.324 e. The quantitative estimate of drug-likeness (QED) is 0.364. The summed E-state index contributed by atoms with van der Waals surface area (Å²) in [5, 5.41) is 3.90. The standard InChI is InChI=1S/C25H17ClN4O3S/c26-18-7-3-1-6-16(18)20-12-17(15-5-2-4-8-19(15)27-20)25(33)30-29-24(32)14-9-10-22-21(11-14)28-23(31)13-34-22/h1-12H,13H2,(H,28,31)(H,29,32)(H,30,33). The summed E-state index contributed by atoms with van der Waals surface area (Å²) < 4.78 is 0. The molecule has 3 amide bonds. The molecule has 3 N–H and O–H groups in total. The Morgan fingerprint density at radius 1 is 0.941 bits per heavy atom. The fraction of sp³-hybridized carbons (Fsp3) is 0.0400. The minimum atomic E-state index is -0.509.